The van der Waals surface area contributed by atoms with E-state index in [2.05, 4.69) is 0 Å². The topological polar surface area (TPSA) is 35.5 Å². The molecule has 0 aliphatic heterocycles. The molecule has 1 rings (SSSR count). The first-order valence-corrected chi connectivity index (χ1v) is 5.30. The molecule has 1 aromatic carbocycles. The van der Waals surface area contributed by atoms with Gasteiger partial charge in [0.25, 0.3) is 0 Å². The van der Waals surface area contributed by atoms with Crippen LogP contribution >= 0.6 is 11.8 Å². The van der Waals surface area contributed by atoms with Crippen molar-refractivity contribution in [2.45, 2.75) is 11.8 Å². The largest absolute Gasteiger partial charge is 0.496 e. The van der Waals surface area contributed by atoms with Crippen LogP contribution < -0.4 is 9.47 Å². The fourth-order valence-corrected chi connectivity index (χ4v) is 1.63. The lowest BCUT2D eigenvalue weighted by molar-refractivity contribution is -0.131. The second-order valence-corrected chi connectivity index (χ2v) is 3.46. The van der Waals surface area contributed by atoms with Crippen molar-refractivity contribution >= 4 is 17.7 Å². The molecule has 0 fully saturated rings. The van der Waals surface area contributed by atoms with Crippen molar-refractivity contribution in [2.75, 3.05) is 13.4 Å². The van der Waals surface area contributed by atoms with Gasteiger partial charge in [-0.25, -0.2) is 0 Å². The zero-order chi connectivity index (χ0) is 10.6. The van der Waals surface area contributed by atoms with Crippen LogP contribution in [0.2, 0.25) is 0 Å². The van der Waals surface area contributed by atoms with Crippen molar-refractivity contribution in [1.82, 2.24) is 0 Å². The number of ether oxygens (including phenoxy) is 2. The third-order valence-electron chi connectivity index (χ3n) is 1.62. The average molecular weight is 212 g/mol. The van der Waals surface area contributed by atoms with E-state index in [1.165, 1.54) is 6.92 Å². The van der Waals surface area contributed by atoms with Gasteiger partial charge in [-0.05, 0) is 24.5 Å². The molecule has 4 heteroatoms. The number of esters is 1. The van der Waals surface area contributed by atoms with Gasteiger partial charge in [0.1, 0.15) is 11.5 Å². The number of hydrogen-bond acceptors (Lipinski definition) is 4. The van der Waals surface area contributed by atoms with E-state index in [1.54, 1.807) is 37.1 Å². The highest BCUT2D eigenvalue weighted by molar-refractivity contribution is 7.98. The molecule has 76 valence electrons. The Morgan fingerprint density at radius 1 is 1.43 bits per heavy atom. The maximum absolute atomic E-state index is 10.7. The molecule has 0 radical (unpaired) electrons. The van der Waals surface area contributed by atoms with Crippen LogP contribution in [0.25, 0.3) is 0 Å². The van der Waals surface area contributed by atoms with E-state index < -0.39 is 0 Å². The quantitative estimate of drug-likeness (QED) is 0.437. The molecule has 0 bridgehead atoms. The molecule has 14 heavy (non-hydrogen) atoms. The summed E-state index contributed by atoms with van der Waals surface area (Å²) in [5, 5.41) is 0. The summed E-state index contributed by atoms with van der Waals surface area (Å²) >= 11 is 1.54. The average Bonchev–Trinajstić information content (AvgIpc) is 2.16. The van der Waals surface area contributed by atoms with Gasteiger partial charge in [0.15, 0.2) is 0 Å². The van der Waals surface area contributed by atoms with E-state index in [0.29, 0.717) is 5.75 Å². The standard InChI is InChI=1S/C10H12O3S/c1-7(11)13-8-4-5-9(12-2)10(6-8)14-3/h4-6H,1-3H3. The Hall–Kier alpha value is -1.16. The summed E-state index contributed by atoms with van der Waals surface area (Å²) in [5.74, 6) is 1.01. The summed E-state index contributed by atoms with van der Waals surface area (Å²) < 4.78 is 10.1. The summed E-state index contributed by atoms with van der Waals surface area (Å²) in [5.41, 5.74) is 0. The molecule has 0 aromatic heterocycles. The second kappa shape index (κ2) is 4.91. The van der Waals surface area contributed by atoms with Crippen molar-refractivity contribution in [1.29, 1.82) is 0 Å². The Kier molecular flexibility index (Phi) is 3.83. The van der Waals surface area contributed by atoms with Gasteiger partial charge < -0.3 is 9.47 Å². The Morgan fingerprint density at radius 2 is 2.14 bits per heavy atom. The van der Waals surface area contributed by atoms with Crippen LogP contribution in [0.4, 0.5) is 0 Å². The Morgan fingerprint density at radius 3 is 2.64 bits per heavy atom. The maximum Gasteiger partial charge on any atom is 0.308 e. The number of carbonyl (C=O) groups is 1. The van der Waals surface area contributed by atoms with Gasteiger partial charge in [-0.15, -0.1) is 11.8 Å². The normalized spacial score (nSPS) is 9.64. The molecule has 0 heterocycles. The molecule has 0 unspecified atom stereocenters. The number of hydrogen-bond donors (Lipinski definition) is 0. The minimum Gasteiger partial charge on any atom is -0.496 e. The zero-order valence-electron chi connectivity index (χ0n) is 8.37. The van der Waals surface area contributed by atoms with Crippen molar-refractivity contribution in [2.24, 2.45) is 0 Å². The smallest absolute Gasteiger partial charge is 0.308 e. The second-order valence-electron chi connectivity index (χ2n) is 2.61. The molecular formula is C10H12O3S. The SMILES string of the molecule is COc1ccc(OC(C)=O)cc1SC. The fraction of sp³-hybridized carbons (Fsp3) is 0.300. The summed E-state index contributed by atoms with van der Waals surface area (Å²) in [7, 11) is 1.61. The van der Waals surface area contributed by atoms with Crippen molar-refractivity contribution in [3.8, 4) is 11.5 Å². The summed E-state index contributed by atoms with van der Waals surface area (Å²) in [6.45, 7) is 1.38. The number of thioether (sulfide) groups is 1. The molecule has 0 amide bonds. The third-order valence-corrected chi connectivity index (χ3v) is 2.38. The predicted octanol–water partition coefficient (Wildman–Crippen LogP) is 2.34. The van der Waals surface area contributed by atoms with E-state index in [9.17, 15) is 4.79 Å². The highest BCUT2D eigenvalue weighted by Crippen LogP contribution is 2.31. The Bertz CT molecular complexity index is 336. The van der Waals surface area contributed by atoms with Crippen LogP contribution in [0.5, 0.6) is 11.5 Å². The minimum atomic E-state index is -0.317. The molecule has 0 saturated carbocycles. The van der Waals surface area contributed by atoms with Gasteiger partial charge in [0, 0.05) is 6.92 Å². The van der Waals surface area contributed by atoms with Gasteiger partial charge in [-0.2, -0.15) is 0 Å². The minimum absolute atomic E-state index is 0.317. The van der Waals surface area contributed by atoms with E-state index in [4.69, 9.17) is 9.47 Å². The van der Waals surface area contributed by atoms with E-state index in [-0.39, 0.29) is 5.97 Å². The van der Waals surface area contributed by atoms with E-state index in [1.807, 2.05) is 6.26 Å². The molecule has 0 N–H and O–H groups in total. The molecule has 0 aliphatic carbocycles. The lowest BCUT2D eigenvalue weighted by atomic mass is 10.3. The molecule has 0 saturated heterocycles. The number of methoxy groups -OCH3 is 1. The van der Waals surface area contributed by atoms with Gasteiger partial charge in [0.05, 0.1) is 12.0 Å². The molecule has 0 atom stereocenters. The highest BCUT2D eigenvalue weighted by atomic mass is 32.2. The molecule has 0 spiro atoms. The van der Waals surface area contributed by atoms with Crippen LogP contribution in [0.3, 0.4) is 0 Å². The van der Waals surface area contributed by atoms with Crippen LogP contribution in [-0.4, -0.2) is 19.3 Å². The fourth-order valence-electron chi connectivity index (χ4n) is 1.05. The van der Waals surface area contributed by atoms with Crippen molar-refractivity contribution in [3.05, 3.63) is 18.2 Å². The molecule has 3 nitrogen and oxygen atoms in total. The summed E-state index contributed by atoms with van der Waals surface area (Å²) in [4.78, 5) is 11.7. The van der Waals surface area contributed by atoms with Crippen molar-refractivity contribution in [3.63, 3.8) is 0 Å². The number of benzene rings is 1. The monoisotopic (exact) mass is 212 g/mol. The highest BCUT2D eigenvalue weighted by Gasteiger charge is 2.05. The first-order chi connectivity index (χ1) is 6.67. The number of carbonyl (C=O) groups excluding carboxylic acids is 1. The first-order valence-electron chi connectivity index (χ1n) is 4.08. The number of rotatable bonds is 3. The first kappa shape index (κ1) is 10.9. The van der Waals surface area contributed by atoms with E-state index in [0.717, 1.165) is 10.6 Å². The predicted molar refractivity (Wildman–Crippen MR) is 56.1 cm³/mol. The van der Waals surface area contributed by atoms with Gasteiger partial charge >= 0.3 is 5.97 Å². The maximum atomic E-state index is 10.7. The molecule has 1 aromatic rings. The summed E-state index contributed by atoms with van der Waals surface area (Å²) in [6.07, 6.45) is 1.94. The van der Waals surface area contributed by atoms with Crippen molar-refractivity contribution < 1.29 is 14.3 Å². The van der Waals surface area contributed by atoms with E-state index >= 15 is 0 Å². The molecular weight excluding hydrogens is 200 g/mol. The zero-order valence-corrected chi connectivity index (χ0v) is 9.18. The van der Waals surface area contributed by atoms with Crippen LogP contribution in [-0.2, 0) is 4.79 Å². The van der Waals surface area contributed by atoms with Crippen LogP contribution in [0, 0.1) is 0 Å². The lowest BCUT2D eigenvalue weighted by Crippen LogP contribution is -2.01. The van der Waals surface area contributed by atoms with Gasteiger partial charge in [-0.3, -0.25) is 4.79 Å². The summed E-state index contributed by atoms with van der Waals surface area (Å²) in [6, 6.07) is 5.27. The third kappa shape index (κ3) is 2.67. The Labute approximate surface area is 87.4 Å². The van der Waals surface area contributed by atoms with Crippen LogP contribution in [0.1, 0.15) is 6.92 Å². The molecule has 0 aliphatic rings. The van der Waals surface area contributed by atoms with Gasteiger partial charge in [0.2, 0.25) is 0 Å². The van der Waals surface area contributed by atoms with Gasteiger partial charge in [-0.1, -0.05) is 0 Å². The lowest BCUT2D eigenvalue weighted by Gasteiger charge is -2.07. The van der Waals surface area contributed by atoms with Crippen LogP contribution in [0.15, 0.2) is 23.1 Å². The Balaban J connectivity index is 2.95.